The minimum absolute atomic E-state index is 0.112. The van der Waals surface area contributed by atoms with Gasteiger partial charge in [0.15, 0.2) is 15.6 Å². The van der Waals surface area contributed by atoms with Gasteiger partial charge in [-0.3, -0.25) is 4.79 Å². The molecule has 0 saturated heterocycles. The standard InChI is InChI=1S/C9H9BrO4S/c1-15(13,14)9-4-6(8(12)5-10)2-3-7(9)11/h2-4,11H,5H2,1H3. The fourth-order valence-electron chi connectivity index (χ4n) is 1.06. The predicted molar refractivity (Wildman–Crippen MR) is 59.3 cm³/mol. The highest BCUT2D eigenvalue weighted by molar-refractivity contribution is 9.09. The Morgan fingerprint density at radius 3 is 2.53 bits per heavy atom. The van der Waals surface area contributed by atoms with Gasteiger partial charge in [0.25, 0.3) is 0 Å². The second kappa shape index (κ2) is 4.32. The first kappa shape index (κ1) is 12.2. The average Bonchev–Trinajstić information content (AvgIpc) is 2.15. The van der Waals surface area contributed by atoms with Crippen molar-refractivity contribution in [3.05, 3.63) is 23.8 Å². The van der Waals surface area contributed by atoms with Crippen LogP contribution < -0.4 is 0 Å². The number of carbonyl (C=O) groups is 1. The van der Waals surface area contributed by atoms with E-state index in [0.717, 1.165) is 6.26 Å². The summed E-state index contributed by atoms with van der Waals surface area (Å²) in [4.78, 5) is 11.1. The number of hydrogen-bond acceptors (Lipinski definition) is 4. The van der Waals surface area contributed by atoms with Gasteiger partial charge in [-0.05, 0) is 18.2 Å². The predicted octanol–water partition coefficient (Wildman–Crippen LogP) is 1.37. The van der Waals surface area contributed by atoms with Crippen molar-refractivity contribution >= 4 is 31.6 Å². The highest BCUT2D eigenvalue weighted by Gasteiger charge is 2.15. The lowest BCUT2D eigenvalue weighted by molar-refractivity contribution is 0.102. The minimum atomic E-state index is -3.52. The van der Waals surface area contributed by atoms with Crippen molar-refractivity contribution in [1.82, 2.24) is 0 Å². The molecule has 0 radical (unpaired) electrons. The third-order valence-corrected chi connectivity index (χ3v) is 3.44. The lowest BCUT2D eigenvalue weighted by atomic mass is 10.1. The molecule has 4 nitrogen and oxygen atoms in total. The molecular weight excluding hydrogens is 284 g/mol. The van der Waals surface area contributed by atoms with E-state index in [-0.39, 0.29) is 27.3 Å². The summed E-state index contributed by atoms with van der Waals surface area (Å²) in [7, 11) is -3.52. The van der Waals surface area contributed by atoms with Crippen molar-refractivity contribution < 1.29 is 18.3 Å². The Morgan fingerprint density at radius 2 is 2.07 bits per heavy atom. The van der Waals surface area contributed by atoms with Crippen molar-refractivity contribution in [3.8, 4) is 5.75 Å². The zero-order chi connectivity index (χ0) is 11.6. The van der Waals surface area contributed by atoms with Gasteiger partial charge in [0.2, 0.25) is 0 Å². The number of ketones is 1. The summed E-state index contributed by atoms with van der Waals surface area (Å²) in [5.74, 6) is -0.580. The van der Waals surface area contributed by atoms with E-state index in [0.29, 0.717) is 0 Å². The van der Waals surface area contributed by atoms with Crippen LogP contribution in [-0.4, -0.2) is 30.9 Å². The molecule has 0 bridgehead atoms. The van der Waals surface area contributed by atoms with Crippen LogP contribution in [0.1, 0.15) is 10.4 Å². The molecule has 0 heterocycles. The summed E-state index contributed by atoms with van der Waals surface area (Å²) in [6, 6.07) is 3.76. The maximum absolute atomic E-state index is 11.3. The third kappa shape index (κ3) is 2.79. The topological polar surface area (TPSA) is 71.4 Å². The van der Waals surface area contributed by atoms with E-state index in [9.17, 15) is 18.3 Å². The Kier molecular flexibility index (Phi) is 3.51. The molecule has 0 aliphatic carbocycles. The first-order valence-corrected chi connectivity index (χ1v) is 7.00. The van der Waals surface area contributed by atoms with E-state index in [2.05, 4.69) is 15.9 Å². The summed E-state index contributed by atoms with van der Waals surface area (Å²) in [6.45, 7) is 0. The molecule has 0 aromatic heterocycles. The molecule has 0 unspecified atom stereocenters. The maximum atomic E-state index is 11.3. The van der Waals surface area contributed by atoms with Crippen LogP contribution in [0, 0.1) is 0 Å². The van der Waals surface area contributed by atoms with Gasteiger partial charge < -0.3 is 5.11 Å². The summed E-state index contributed by atoms with van der Waals surface area (Å²) in [6.07, 6.45) is 0.977. The van der Waals surface area contributed by atoms with Gasteiger partial charge in [0, 0.05) is 11.8 Å². The third-order valence-electron chi connectivity index (χ3n) is 1.80. The molecule has 15 heavy (non-hydrogen) atoms. The number of halogens is 1. The highest BCUT2D eigenvalue weighted by atomic mass is 79.9. The molecule has 1 aromatic rings. The largest absolute Gasteiger partial charge is 0.507 e. The van der Waals surface area contributed by atoms with E-state index in [1.807, 2.05) is 0 Å². The second-order valence-corrected chi connectivity index (χ2v) is 5.56. The van der Waals surface area contributed by atoms with Gasteiger partial charge in [-0.25, -0.2) is 8.42 Å². The molecule has 0 aliphatic rings. The molecule has 0 atom stereocenters. The van der Waals surface area contributed by atoms with Crippen LogP contribution in [0.2, 0.25) is 0 Å². The Hall–Kier alpha value is -0.880. The molecule has 6 heteroatoms. The van der Waals surface area contributed by atoms with Gasteiger partial charge in [0.05, 0.1) is 5.33 Å². The summed E-state index contributed by atoms with van der Waals surface area (Å²) < 4.78 is 22.5. The number of carbonyl (C=O) groups excluding carboxylic acids is 1. The number of alkyl halides is 1. The molecule has 0 amide bonds. The van der Waals surface area contributed by atoms with Crippen molar-refractivity contribution in [3.63, 3.8) is 0 Å². The van der Waals surface area contributed by atoms with Crippen molar-refractivity contribution in [2.45, 2.75) is 4.90 Å². The molecule has 82 valence electrons. The lowest BCUT2D eigenvalue weighted by Crippen LogP contribution is -2.03. The molecule has 1 N–H and O–H groups in total. The molecule has 0 aliphatic heterocycles. The highest BCUT2D eigenvalue weighted by Crippen LogP contribution is 2.23. The van der Waals surface area contributed by atoms with Crippen LogP contribution >= 0.6 is 15.9 Å². The van der Waals surface area contributed by atoms with Crippen LogP contribution in [0.5, 0.6) is 5.75 Å². The molecule has 0 fully saturated rings. The van der Waals surface area contributed by atoms with Gasteiger partial charge in [-0.1, -0.05) is 15.9 Å². The maximum Gasteiger partial charge on any atom is 0.179 e. The van der Waals surface area contributed by atoms with Crippen LogP contribution in [0.15, 0.2) is 23.1 Å². The fourth-order valence-corrected chi connectivity index (χ4v) is 2.17. The Balaban J connectivity index is 3.36. The Bertz CT molecular complexity index is 493. The smallest absolute Gasteiger partial charge is 0.179 e. The normalized spacial score (nSPS) is 11.3. The summed E-state index contributed by atoms with van der Waals surface area (Å²) in [5.41, 5.74) is 0.255. The number of benzene rings is 1. The summed E-state index contributed by atoms with van der Waals surface area (Å²) >= 11 is 2.98. The number of hydrogen-bond donors (Lipinski definition) is 1. The molecule has 1 rings (SSSR count). The van der Waals surface area contributed by atoms with E-state index in [1.54, 1.807) is 0 Å². The molecule has 0 saturated carbocycles. The first-order valence-electron chi connectivity index (χ1n) is 3.98. The average molecular weight is 293 g/mol. The number of phenolic OH excluding ortho intramolecular Hbond substituents is 1. The second-order valence-electron chi connectivity index (χ2n) is 3.01. The number of Topliss-reactive ketones (excluding diaryl/α,β-unsaturated/α-hetero) is 1. The first-order chi connectivity index (χ1) is 6.86. The SMILES string of the molecule is CS(=O)(=O)c1cc(C(=O)CBr)ccc1O. The van der Waals surface area contributed by atoms with Crippen molar-refractivity contribution in [2.75, 3.05) is 11.6 Å². The minimum Gasteiger partial charge on any atom is -0.507 e. The van der Waals surface area contributed by atoms with Crippen LogP contribution in [-0.2, 0) is 9.84 Å². The lowest BCUT2D eigenvalue weighted by Gasteiger charge is -2.04. The monoisotopic (exact) mass is 292 g/mol. The zero-order valence-corrected chi connectivity index (χ0v) is 10.3. The quantitative estimate of drug-likeness (QED) is 0.675. The Labute approximate surface area is 96.0 Å². The number of rotatable bonds is 3. The zero-order valence-electron chi connectivity index (χ0n) is 7.90. The van der Waals surface area contributed by atoms with Gasteiger partial charge in [0.1, 0.15) is 10.6 Å². The molecule has 0 spiro atoms. The van der Waals surface area contributed by atoms with E-state index >= 15 is 0 Å². The van der Waals surface area contributed by atoms with Gasteiger partial charge in [-0.2, -0.15) is 0 Å². The van der Waals surface area contributed by atoms with Crippen LogP contribution in [0.25, 0.3) is 0 Å². The number of phenols is 1. The Morgan fingerprint density at radius 1 is 1.47 bits per heavy atom. The molecule has 1 aromatic carbocycles. The van der Waals surface area contributed by atoms with E-state index in [4.69, 9.17) is 0 Å². The molecular formula is C9H9BrO4S. The van der Waals surface area contributed by atoms with Gasteiger partial charge >= 0.3 is 0 Å². The van der Waals surface area contributed by atoms with Crippen molar-refractivity contribution in [2.24, 2.45) is 0 Å². The van der Waals surface area contributed by atoms with Gasteiger partial charge in [-0.15, -0.1) is 0 Å². The van der Waals surface area contributed by atoms with E-state index < -0.39 is 9.84 Å². The summed E-state index contributed by atoms with van der Waals surface area (Å²) in [5, 5.41) is 9.43. The van der Waals surface area contributed by atoms with Crippen LogP contribution in [0.4, 0.5) is 0 Å². The number of aromatic hydroxyl groups is 1. The van der Waals surface area contributed by atoms with Crippen molar-refractivity contribution in [1.29, 1.82) is 0 Å². The number of sulfone groups is 1. The van der Waals surface area contributed by atoms with E-state index in [1.165, 1.54) is 18.2 Å². The van der Waals surface area contributed by atoms with Crippen LogP contribution in [0.3, 0.4) is 0 Å². The fraction of sp³-hybridized carbons (Fsp3) is 0.222.